The highest BCUT2D eigenvalue weighted by molar-refractivity contribution is 6.65. The van der Waals surface area contributed by atoms with Crippen molar-refractivity contribution in [3.63, 3.8) is 0 Å². The first kappa shape index (κ1) is 37.3. The van der Waals surface area contributed by atoms with Crippen LogP contribution in [0, 0.1) is 6.92 Å². The summed E-state index contributed by atoms with van der Waals surface area (Å²) in [6, 6.07) is 47.8. The molecule has 5 heteroatoms. The van der Waals surface area contributed by atoms with E-state index in [-0.39, 0.29) is 11.8 Å². The summed E-state index contributed by atoms with van der Waals surface area (Å²) < 4.78 is 21.3. The summed E-state index contributed by atoms with van der Waals surface area (Å²) in [5, 5.41) is 0. The number of aryl methyl sites for hydroxylation is 1. The summed E-state index contributed by atoms with van der Waals surface area (Å²) >= 11 is 0. The van der Waals surface area contributed by atoms with Crippen LogP contribution in [-0.4, -0.2) is 25.8 Å². The van der Waals surface area contributed by atoms with E-state index in [0.29, 0.717) is 0 Å². The summed E-state index contributed by atoms with van der Waals surface area (Å²) in [6.07, 6.45) is 0. The van der Waals surface area contributed by atoms with Crippen LogP contribution in [0.1, 0.15) is 113 Å². The normalized spacial score (nSPS) is 12.8. The number of anilines is 1. The zero-order valence-corrected chi connectivity index (χ0v) is 32.6. The van der Waals surface area contributed by atoms with Gasteiger partial charge in [-0.2, -0.15) is 0 Å². The molecule has 0 aliphatic heterocycles. The molecule has 0 amide bonds. The molecule has 0 radical (unpaired) electrons. The predicted molar refractivity (Wildman–Crippen MR) is 211 cm³/mol. The first-order valence-electron chi connectivity index (χ1n) is 17.8. The fourth-order valence-corrected chi connectivity index (χ4v) is 9.92. The van der Waals surface area contributed by atoms with E-state index in [9.17, 15) is 0 Å². The second-order valence-corrected chi connectivity index (χ2v) is 18.1. The highest BCUT2D eigenvalue weighted by atomic mass is 28.4. The van der Waals surface area contributed by atoms with Crippen LogP contribution >= 0.6 is 0 Å². The largest absolute Gasteiger partial charge is 0.632 e. The number of hydrogen-bond donors (Lipinski definition) is 1. The van der Waals surface area contributed by atoms with Crippen LogP contribution in [0.15, 0.2) is 133 Å². The van der Waals surface area contributed by atoms with Gasteiger partial charge in [-0.1, -0.05) is 139 Å². The molecule has 0 spiro atoms. The van der Waals surface area contributed by atoms with E-state index in [1.807, 2.05) is 0 Å². The Bertz CT molecular complexity index is 1580. The van der Waals surface area contributed by atoms with Gasteiger partial charge in [-0.25, -0.2) is 0 Å². The zero-order chi connectivity index (χ0) is 36.2. The minimum absolute atomic E-state index is 0.0867. The van der Waals surface area contributed by atoms with Crippen LogP contribution in [0.3, 0.4) is 0 Å². The topological polar surface area (TPSA) is 39.7 Å². The molecule has 50 heavy (non-hydrogen) atoms. The Kier molecular flexibility index (Phi) is 11.2. The number of hydrogen-bond acceptors (Lipinski definition) is 4. The smallest absolute Gasteiger partial charge is 0.352 e. The molecule has 0 atom stereocenters. The predicted octanol–water partition coefficient (Wildman–Crippen LogP) is 11.6. The lowest BCUT2D eigenvalue weighted by Gasteiger charge is -2.43. The van der Waals surface area contributed by atoms with Gasteiger partial charge in [-0.15, -0.1) is 0 Å². The molecule has 5 rings (SSSR count). The molecule has 0 aliphatic rings. The van der Waals surface area contributed by atoms with Crippen molar-refractivity contribution >= 4 is 14.7 Å². The van der Waals surface area contributed by atoms with Gasteiger partial charge >= 0.3 is 8.97 Å². The van der Waals surface area contributed by atoms with Crippen LogP contribution in [-0.2, 0) is 13.3 Å². The van der Waals surface area contributed by atoms with E-state index in [0.717, 1.165) is 16.8 Å². The number of rotatable bonds is 11. The maximum absolute atomic E-state index is 7.09. The fraction of sp³-hybridized carbons (Fsp3) is 0.333. The summed E-state index contributed by atoms with van der Waals surface area (Å²) in [4.78, 5) is 4.04. The van der Waals surface area contributed by atoms with Crippen LogP contribution < -0.4 is 4.98 Å². The van der Waals surface area contributed by atoms with E-state index in [2.05, 4.69) is 208 Å². The summed E-state index contributed by atoms with van der Waals surface area (Å²) in [5.74, 6) is -0.173. The average molecular weight is 686 g/mol. The third-order valence-electron chi connectivity index (χ3n) is 8.10. The van der Waals surface area contributed by atoms with Crippen molar-refractivity contribution in [2.45, 2.75) is 97.9 Å². The maximum atomic E-state index is 7.09. The maximum Gasteiger partial charge on any atom is 0.632 e. The second kappa shape index (κ2) is 15.1. The molecule has 0 aromatic heterocycles. The van der Waals surface area contributed by atoms with E-state index in [1.54, 1.807) is 0 Å². The quantitative estimate of drug-likeness (QED) is 0.111. The standard InChI is InChI=1S/C45H55NO3Si/c1-33-31-38(40(34-23-15-11-16-24-34)35-25-17-12-18-26-35)42(46-50(47-43(2,3)4,48-44(5,6)7)49-45(8,9)10)39(32-33)41(36-27-19-13-20-28-36)37-29-21-14-22-30-37/h11-32,40-41,46H,1-10H3. The Balaban J connectivity index is 1.92. The molecule has 0 heterocycles. The lowest BCUT2D eigenvalue weighted by Crippen LogP contribution is -2.63. The van der Waals surface area contributed by atoms with Gasteiger partial charge in [0.25, 0.3) is 0 Å². The molecule has 0 aliphatic carbocycles. The number of nitrogens with one attached hydrogen (secondary N) is 1. The SMILES string of the molecule is Cc1cc(C(c2ccccc2)c2ccccc2)c(N[Si](OC(C)(C)C)(OC(C)(C)C)OC(C)(C)C)c(C(c2ccccc2)c2ccccc2)c1. The first-order valence-corrected chi connectivity index (χ1v) is 19.5. The molecule has 0 bridgehead atoms. The highest BCUT2D eigenvalue weighted by Gasteiger charge is 2.53. The molecule has 1 N–H and O–H groups in total. The van der Waals surface area contributed by atoms with Crippen molar-refractivity contribution in [3.05, 3.63) is 172 Å². The Morgan fingerprint density at radius 3 is 0.940 bits per heavy atom. The molecule has 0 saturated heterocycles. The Morgan fingerprint density at radius 1 is 0.440 bits per heavy atom. The van der Waals surface area contributed by atoms with Crippen molar-refractivity contribution in [1.82, 2.24) is 0 Å². The molecular formula is C45H55NO3Si. The Morgan fingerprint density at radius 2 is 0.700 bits per heavy atom. The summed E-state index contributed by atoms with van der Waals surface area (Å²) in [7, 11) is -3.77. The monoisotopic (exact) mass is 685 g/mol. The molecule has 0 unspecified atom stereocenters. The van der Waals surface area contributed by atoms with E-state index in [1.165, 1.54) is 27.8 Å². The van der Waals surface area contributed by atoms with Crippen molar-refractivity contribution in [2.75, 3.05) is 4.98 Å². The molecule has 0 fully saturated rings. The third-order valence-corrected chi connectivity index (χ3v) is 11.3. The van der Waals surface area contributed by atoms with Crippen molar-refractivity contribution < 1.29 is 13.3 Å². The molecule has 0 saturated carbocycles. The van der Waals surface area contributed by atoms with Gasteiger partial charge in [0.1, 0.15) is 0 Å². The number of benzene rings is 5. The van der Waals surface area contributed by atoms with Gasteiger partial charge in [0.05, 0.1) is 16.8 Å². The van der Waals surface area contributed by atoms with Gasteiger partial charge < -0.3 is 18.3 Å². The van der Waals surface area contributed by atoms with Crippen molar-refractivity contribution in [3.8, 4) is 0 Å². The first-order chi connectivity index (χ1) is 23.5. The van der Waals surface area contributed by atoms with E-state index >= 15 is 0 Å². The van der Waals surface area contributed by atoms with Crippen molar-refractivity contribution in [2.24, 2.45) is 0 Å². The highest BCUT2D eigenvalue weighted by Crippen LogP contribution is 2.45. The van der Waals surface area contributed by atoms with E-state index < -0.39 is 25.8 Å². The summed E-state index contributed by atoms with van der Waals surface area (Å²) in [5.41, 5.74) is 7.50. The van der Waals surface area contributed by atoms with Gasteiger partial charge in [0.2, 0.25) is 0 Å². The van der Waals surface area contributed by atoms with Crippen LogP contribution in [0.25, 0.3) is 0 Å². The summed E-state index contributed by atoms with van der Waals surface area (Å²) in [6.45, 7) is 20.8. The second-order valence-electron chi connectivity index (χ2n) is 16.2. The zero-order valence-electron chi connectivity index (χ0n) is 31.6. The average Bonchev–Trinajstić information content (AvgIpc) is 3.02. The Hall–Kier alpha value is -4.00. The van der Waals surface area contributed by atoms with Crippen LogP contribution in [0.4, 0.5) is 5.69 Å². The molecule has 4 nitrogen and oxygen atoms in total. The molecule has 5 aromatic rings. The lowest BCUT2D eigenvalue weighted by atomic mass is 9.78. The molecule has 5 aromatic carbocycles. The molecular weight excluding hydrogens is 631 g/mol. The minimum atomic E-state index is -3.77. The fourth-order valence-electron chi connectivity index (χ4n) is 6.63. The van der Waals surface area contributed by atoms with E-state index in [4.69, 9.17) is 13.3 Å². The third kappa shape index (κ3) is 9.82. The van der Waals surface area contributed by atoms with Gasteiger partial charge in [0, 0.05) is 17.5 Å². The van der Waals surface area contributed by atoms with Crippen LogP contribution in [0.2, 0.25) is 0 Å². The van der Waals surface area contributed by atoms with Gasteiger partial charge in [-0.05, 0) is 103 Å². The molecule has 262 valence electrons. The Labute approximate surface area is 302 Å². The van der Waals surface area contributed by atoms with Gasteiger partial charge in [0.15, 0.2) is 0 Å². The lowest BCUT2D eigenvalue weighted by molar-refractivity contribution is -0.0706. The van der Waals surface area contributed by atoms with Crippen LogP contribution in [0.5, 0.6) is 0 Å². The van der Waals surface area contributed by atoms with Crippen molar-refractivity contribution in [1.29, 1.82) is 0 Å². The minimum Gasteiger partial charge on any atom is -0.352 e. The van der Waals surface area contributed by atoms with Gasteiger partial charge in [-0.3, -0.25) is 0 Å².